The Morgan fingerprint density at radius 2 is 1.65 bits per heavy atom. The summed E-state index contributed by atoms with van der Waals surface area (Å²) in [6, 6.07) is 20.8. The number of aryl methyl sites for hydroxylation is 1. The normalized spacial score (nSPS) is 11.3. The maximum atomic E-state index is 12.7. The molecular formula is C23H21N3O3S2. The second-order valence-corrected chi connectivity index (χ2v) is 9.77. The molecule has 4 aromatic rings. The van der Waals surface area contributed by atoms with Crippen LogP contribution >= 0.6 is 11.3 Å². The van der Waals surface area contributed by atoms with Crippen LogP contribution in [-0.2, 0) is 16.6 Å². The van der Waals surface area contributed by atoms with Gasteiger partial charge in [-0.15, -0.1) is 11.3 Å². The second-order valence-electron chi connectivity index (χ2n) is 7.05. The highest BCUT2D eigenvalue weighted by Crippen LogP contribution is 2.20. The molecule has 2 aromatic carbocycles. The Morgan fingerprint density at radius 3 is 2.32 bits per heavy atom. The van der Waals surface area contributed by atoms with Crippen LogP contribution in [0.25, 0.3) is 0 Å². The van der Waals surface area contributed by atoms with E-state index in [1.54, 1.807) is 65.9 Å². The lowest BCUT2D eigenvalue weighted by Gasteiger charge is -2.11. The Balaban J connectivity index is 1.43. The third-order valence-corrected chi connectivity index (χ3v) is 6.95. The lowest BCUT2D eigenvalue weighted by atomic mass is 10.2. The highest BCUT2D eigenvalue weighted by atomic mass is 32.2. The van der Waals surface area contributed by atoms with Crippen LogP contribution in [0.5, 0.6) is 0 Å². The summed E-state index contributed by atoms with van der Waals surface area (Å²) in [4.78, 5) is 14.1. The van der Waals surface area contributed by atoms with Gasteiger partial charge in [-0.2, -0.15) is 0 Å². The Kier molecular flexibility index (Phi) is 5.92. The minimum atomic E-state index is -3.67. The van der Waals surface area contributed by atoms with E-state index in [1.165, 1.54) is 0 Å². The maximum Gasteiger partial charge on any atom is 0.272 e. The summed E-state index contributed by atoms with van der Waals surface area (Å²) in [5, 5.41) is 4.87. The lowest BCUT2D eigenvalue weighted by Crippen LogP contribution is -2.17. The minimum absolute atomic E-state index is 0.196. The number of nitrogens with one attached hydrogen (secondary N) is 2. The van der Waals surface area contributed by atoms with Gasteiger partial charge in [0.1, 0.15) is 5.69 Å². The van der Waals surface area contributed by atoms with Gasteiger partial charge >= 0.3 is 0 Å². The van der Waals surface area contributed by atoms with Gasteiger partial charge in [-0.05, 0) is 66.9 Å². The van der Waals surface area contributed by atoms with E-state index in [-0.39, 0.29) is 10.8 Å². The number of nitrogens with zero attached hydrogens (tertiary/aromatic N) is 1. The molecule has 2 heterocycles. The van der Waals surface area contributed by atoms with Crippen LogP contribution < -0.4 is 10.0 Å². The van der Waals surface area contributed by atoms with Crippen molar-refractivity contribution in [3.8, 4) is 0 Å². The van der Waals surface area contributed by atoms with Crippen LogP contribution in [0.1, 0.15) is 20.9 Å². The standard InChI is InChI=1S/C23H21N3O3S2/c1-17-6-12-21(13-7-17)31(28,29)25-19-10-8-18(9-11-19)24-23(27)22-5-2-14-26(22)16-20-4-3-15-30-20/h2-15,25H,16H2,1H3,(H,24,27). The first-order valence-corrected chi connectivity index (χ1v) is 12.0. The van der Waals surface area contributed by atoms with Gasteiger partial charge in [0.2, 0.25) is 0 Å². The number of aromatic nitrogens is 1. The number of carbonyl (C=O) groups is 1. The first kappa shape index (κ1) is 20.9. The summed E-state index contributed by atoms with van der Waals surface area (Å²) in [6.45, 7) is 2.53. The van der Waals surface area contributed by atoms with Crippen molar-refractivity contribution >= 4 is 38.6 Å². The number of hydrogen-bond acceptors (Lipinski definition) is 4. The molecule has 0 aliphatic heterocycles. The number of rotatable bonds is 7. The third kappa shape index (κ3) is 5.04. The molecule has 1 amide bonds. The summed E-state index contributed by atoms with van der Waals surface area (Å²) in [5.41, 5.74) is 2.53. The summed E-state index contributed by atoms with van der Waals surface area (Å²) in [5.74, 6) is -0.227. The topological polar surface area (TPSA) is 80.2 Å². The average Bonchev–Trinajstić information content (AvgIpc) is 3.42. The fraction of sp³-hybridized carbons (Fsp3) is 0.0870. The molecule has 0 saturated heterocycles. The number of hydrogen-bond donors (Lipinski definition) is 2. The van der Waals surface area contributed by atoms with E-state index in [0.29, 0.717) is 23.6 Å². The van der Waals surface area contributed by atoms with Gasteiger partial charge in [-0.1, -0.05) is 23.8 Å². The highest BCUT2D eigenvalue weighted by molar-refractivity contribution is 7.92. The summed E-state index contributed by atoms with van der Waals surface area (Å²) in [7, 11) is -3.67. The maximum absolute atomic E-state index is 12.7. The smallest absolute Gasteiger partial charge is 0.272 e. The zero-order valence-electron chi connectivity index (χ0n) is 16.8. The van der Waals surface area contributed by atoms with E-state index in [0.717, 1.165) is 10.4 Å². The van der Waals surface area contributed by atoms with E-state index in [4.69, 9.17) is 0 Å². The first-order chi connectivity index (χ1) is 14.9. The third-order valence-electron chi connectivity index (χ3n) is 4.69. The number of anilines is 2. The predicted octanol–water partition coefficient (Wildman–Crippen LogP) is 4.96. The van der Waals surface area contributed by atoms with Crippen molar-refractivity contribution < 1.29 is 13.2 Å². The lowest BCUT2D eigenvalue weighted by molar-refractivity contribution is 0.101. The number of amides is 1. The van der Waals surface area contributed by atoms with E-state index >= 15 is 0 Å². The Labute approximate surface area is 185 Å². The first-order valence-electron chi connectivity index (χ1n) is 9.59. The zero-order chi connectivity index (χ0) is 21.8. The van der Waals surface area contributed by atoms with Crippen LogP contribution in [0.4, 0.5) is 11.4 Å². The molecule has 31 heavy (non-hydrogen) atoms. The SMILES string of the molecule is Cc1ccc(S(=O)(=O)Nc2ccc(NC(=O)c3cccn3Cc3cccs3)cc2)cc1. The summed E-state index contributed by atoms with van der Waals surface area (Å²) in [6.07, 6.45) is 1.87. The van der Waals surface area contributed by atoms with Crippen molar-refractivity contribution in [3.05, 3.63) is 101 Å². The average molecular weight is 452 g/mol. The molecule has 0 unspecified atom stereocenters. The number of carbonyl (C=O) groups excluding carboxylic acids is 1. The van der Waals surface area contributed by atoms with E-state index < -0.39 is 10.0 Å². The Hall–Kier alpha value is -3.36. The van der Waals surface area contributed by atoms with Gasteiger partial charge < -0.3 is 9.88 Å². The predicted molar refractivity (Wildman–Crippen MR) is 124 cm³/mol. The monoisotopic (exact) mass is 451 g/mol. The van der Waals surface area contributed by atoms with Crippen molar-refractivity contribution in [1.29, 1.82) is 0 Å². The highest BCUT2D eigenvalue weighted by Gasteiger charge is 2.15. The van der Waals surface area contributed by atoms with Gasteiger partial charge in [0.05, 0.1) is 11.4 Å². The molecule has 0 saturated carbocycles. The molecule has 4 rings (SSSR count). The number of thiophene rings is 1. The molecule has 8 heteroatoms. The van der Waals surface area contributed by atoms with Gasteiger partial charge in [0.25, 0.3) is 15.9 Å². The number of sulfonamides is 1. The second kappa shape index (κ2) is 8.79. The van der Waals surface area contributed by atoms with E-state index in [9.17, 15) is 13.2 Å². The molecule has 0 aliphatic rings. The van der Waals surface area contributed by atoms with Crippen LogP contribution in [0.3, 0.4) is 0 Å². The van der Waals surface area contributed by atoms with Crippen molar-refractivity contribution in [2.75, 3.05) is 10.0 Å². The molecule has 0 spiro atoms. The van der Waals surface area contributed by atoms with Crippen LogP contribution in [0.2, 0.25) is 0 Å². The molecule has 0 radical (unpaired) electrons. The van der Waals surface area contributed by atoms with Crippen molar-refractivity contribution in [3.63, 3.8) is 0 Å². The van der Waals surface area contributed by atoms with Crippen LogP contribution in [-0.4, -0.2) is 18.9 Å². The molecule has 0 fully saturated rings. The largest absolute Gasteiger partial charge is 0.338 e. The van der Waals surface area contributed by atoms with Gasteiger partial charge in [-0.25, -0.2) is 8.42 Å². The molecule has 0 bridgehead atoms. The molecule has 0 aliphatic carbocycles. The summed E-state index contributed by atoms with van der Waals surface area (Å²) >= 11 is 1.64. The fourth-order valence-corrected chi connectivity index (χ4v) is 4.84. The van der Waals surface area contributed by atoms with E-state index in [2.05, 4.69) is 10.0 Å². The van der Waals surface area contributed by atoms with Gasteiger partial charge in [0.15, 0.2) is 0 Å². The molecule has 158 valence electrons. The Morgan fingerprint density at radius 1 is 0.935 bits per heavy atom. The van der Waals surface area contributed by atoms with Crippen LogP contribution in [0.15, 0.2) is 89.3 Å². The van der Waals surface area contributed by atoms with Gasteiger partial charge in [0, 0.05) is 22.4 Å². The van der Waals surface area contributed by atoms with Crippen molar-refractivity contribution in [2.24, 2.45) is 0 Å². The number of benzene rings is 2. The molecule has 0 atom stereocenters. The van der Waals surface area contributed by atoms with Crippen LogP contribution in [0, 0.1) is 6.92 Å². The minimum Gasteiger partial charge on any atom is -0.338 e. The van der Waals surface area contributed by atoms with Crippen molar-refractivity contribution in [2.45, 2.75) is 18.4 Å². The molecule has 2 aromatic heterocycles. The van der Waals surface area contributed by atoms with Gasteiger partial charge in [-0.3, -0.25) is 9.52 Å². The Bertz CT molecular complexity index is 1270. The molecule has 2 N–H and O–H groups in total. The van der Waals surface area contributed by atoms with Crippen molar-refractivity contribution in [1.82, 2.24) is 4.57 Å². The zero-order valence-corrected chi connectivity index (χ0v) is 18.4. The quantitative estimate of drug-likeness (QED) is 0.417. The molecule has 6 nitrogen and oxygen atoms in total. The summed E-state index contributed by atoms with van der Waals surface area (Å²) < 4.78 is 29.5. The van der Waals surface area contributed by atoms with E-state index in [1.807, 2.05) is 41.3 Å². The fourth-order valence-electron chi connectivity index (χ4n) is 3.08. The molecular weight excluding hydrogens is 430 g/mol.